The maximum atomic E-state index is 5.71. The standard InChI is InChI=1S/C19H28N4OS/c1-13(2)12-24-17-8-6-16(7-9-17)10-21-19(20-5)22-11-18-14(3)23-15(4)25-18/h6-9,13H,10-12H2,1-5H3,(H2,20,21,22). The van der Waals surface area contributed by atoms with Crippen LogP contribution in [-0.4, -0.2) is 24.6 Å². The molecular formula is C19H28N4OS. The molecule has 0 fully saturated rings. The van der Waals surface area contributed by atoms with E-state index in [-0.39, 0.29) is 0 Å². The third kappa shape index (κ3) is 6.38. The number of guanidine groups is 1. The van der Waals surface area contributed by atoms with Gasteiger partial charge < -0.3 is 15.4 Å². The van der Waals surface area contributed by atoms with E-state index in [0.717, 1.165) is 35.6 Å². The summed E-state index contributed by atoms with van der Waals surface area (Å²) in [5.41, 5.74) is 2.27. The van der Waals surface area contributed by atoms with E-state index in [9.17, 15) is 0 Å². The first-order valence-corrected chi connectivity index (χ1v) is 9.38. The van der Waals surface area contributed by atoms with Crippen molar-refractivity contribution in [3.63, 3.8) is 0 Å². The summed E-state index contributed by atoms with van der Waals surface area (Å²) in [4.78, 5) is 9.97. The Morgan fingerprint density at radius 2 is 1.84 bits per heavy atom. The Bertz CT molecular complexity index is 692. The zero-order chi connectivity index (χ0) is 18.2. The minimum Gasteiger partial charge on any atom is -0.493 e. The second-order valence-electron chi connectivity index (χ2n) is 6.37. The molecule has 0 spiro atoms. The molecule has 2 N–H and O–H groups in total. The summed E-state index contributed by atoms with van der Waals surface area (Å²) in [6, 6.07) is 8.18. The highest BCUT2D eigenvalue weighted by Crippen LogP contribution is 2.16. The largest absolute Gasteiger partial charge is 0.493 e. The Labute approximate surface area is 154 Å². The molecule has 0 aliphatic rings. The predicted octanol–water partition coefficient (Wildman–Crippen LogP) is 3.66. The first-order chi connectivity index (χ1) is 12.0. The number of thiazole rings is 1. The highest BCUT2D eigenvalue weighted by Gasteiger charge is 2.06. The Morgan fingerprint density at radius 3 is 2.40 bits per heavy atom. The monoisotopic (exact) mass is 360 g/mol. The van der Waals surface area contributed by atoms with Crippen molar-refractivity contribution in [2.24, 2.45) is 10.9 Å². The van der Waals surface area contributed by atoms with E-state index in [0.29, 0.717) is 12.5 Å². The van der Waals surface area contributed by atoms with Gasteiger partial charge in [-0.15, -0.1) is 11.3 Å². The van der Waals surface area contributed by atoms with Crippen molar-refractivity contribution in [1.29, 1.82) is 0 Å². The minimum atomic E-state index is 0.529. The second kappa shape index (κ2) is 9.42. The number of aryl methyl sites for hydroxylation is 2. The maximum Gasteiger partial charge on any atom is 0.191 e. The summed E-state index contributed by atoms with van der Waals surface area (Å²) in [6.07, 6.45) is 0. The normalized spacial score (nSPS) is 11.7. The van der Waals surface area contributed by atoms with E-state index in [4.69, 9.17) is 4.74 Å². The lowest BCUT2D eigenvalue weighted by Crippen LogP contribution is -2.36. The number of hydrogen-bond acceptors (Lipinski definition) is 4. The third-order valence-corrected chi connectivity index (χ3v) is 4.68. The lowest BCUT2D eigenvalue weighted by atomic mass is 10.2. The van der Waals surface area contributed by atoms with E-state index in [1.165, 1.54) is 10.4 Å². The van der Waals surface area contributed by atoms with Crippen LogP contribution in [0.4, 0.5) is 0 Å². The van der Waals surface area contributed by atoms with Gasteiger partial charge >= 0.3 is 0 Å². The van der Waals surface area contributed by atoms with Crippen molar-refractivity contribution in [2.75, 3.05) is 13.7 Å². The van der Waals surface area contributed by atoms with Gasteiger partial charge in [-0.3, -0.25) is 4.99 Å². The van der Waals surface area contributed by atoms with Crippen LogP contribution in [0.2, 0.25) is 0 Å². The van der Waals surface area contributed by atoms with Gasteiger partial charge in [0.2, 0.25) is 0 Å². The van der Waals surface area contributed by atoms with Crippen molar-refractivity contribution in [1.82, 2.24) is 15.6 Å². The fourth-order valence-corrected chi connectivity index (χ4v) is 3.15. The summed E-state index contributed by atoms with van der Waals surface area (Å²) in [6.45, 7) is 10.6. The van der Waals surface area contributed by atoms with Crippen molar-refractivity contribution in [2.45, 2.75) is 40.8 Å². The van der Waals surface area contributed by atoms with Crippen LogP contribution in [0.5, 0.6) is 5.75 Å². The van der Waals surface area contributed by atoms with Gasteiger partial charge in [0.05, 0.1) is 23.9 Å². The number of aromatic nitrogens is 1. The van der Waals surface area contributed by atoms with Gasteiger partial charge in [0.25, 0.3) is 0 Å². The van der Waals surface area contributed by atoms with Gasteiger partial charge in [-0.1, -0.05) is 26.0 Å². The van der Waals surface area contributed by atoms with Crippen LogP contribution in [0.25, 0.3) is 0 Å². The SMILES string of the molecule is CN=C(NCc1ccc(OCC(C)C)cc1)NCc1sc(C)nc1C. The topological polar surface area (TPSA) is 58.5 Å². The van der Waals surface area contributed by atoms with Gasteiger partial charge in [0, 0.05) is 18.5 Å². The van der Waals surface area contributed by atoms with Crippen LogP contribution in [-0.2, 0) is 13.1 Å². The van der Waals surface area contributed by atoms with E-state index in [2.05, 4.69) is 46.6 Å². The molecule has 0 saturated heterocycles. The molecule has 6 heteroatoms. The first kappa shape index (κ1) is 19.2. The summed E-state index contributed by atoms with van der Waals surface area (Å²) in [5, 5.41) is 7.77. The molecule has 0 atom stereocenters. The first-order valence-electron chi connectivity index (χ1n) is 8.57. The van der Waals surface area contributed by atoms with Gasteiger partial charge in [-0.2, -0.15) is 0 Å². The molecule has 0 saturated carbocycles. The van der Waals surface area contributed by atoms with Gasteiger partial charge in [0.15, 0.2) is 5.96 Å². The lowest BCUT2D eigenvalue weighted by molar-refractivity contribution is 0.271. The fourth-order valence-electron chi connectivity index (χ4n) is 2.27. The number of hydrogen-bond donors (Lipinski definition) is 2. The second-order valence-corrected chi connectivity index (χ2v) is 7.66. The molecule has 1 aromatic carbocycles. The number of nitrogens with one attached hydrogen (secondary N) is 2. The van der Waals surface area contributed by atoms with E-state index in [1.54, 1.807) is 18.4 Å². The number of benzene rings is 1. The van der Waals surface area contributed by atoms with Crippen LogP contribution in [0.15, 0.2) is 29.3 Å². The molecule has 2 rings (SSSR count). The zero-order valence-corrected chi connectivity index (χ0v) is 16.5. The highest BCUT2D eigenvalue weighted by molar-refractivity contribution is 7.11. The zero-order valence-electron chi connectivity index (χ0n) is 15.7. The minimum absolute atomic E-state index is 0.529. The van der Waals surface area contributed by atoms with Crippen LogP contribution >= 0.6 is 11.3 Å². The molecule has 0 radical (unpaired) electrons. The summed E-state index contributed by atoms with van der Waals surface area (Å²) in [7, 11) is 1.78. The highest BCUT2D eigenvalue weighted by atomic mass is 32.1. The van der Waals surface area contributed by atoms with E-state index >= 15 is 0 Å². The molecule has 136 valence electrons. The number of rotatable bonds is 7. The molecule has 5 nitrogen and oxygen atoms in total. The Kier molecular flexibility index (Phi) is 7.25. The van der Waals surface area contributed by atoms with Gasteiger partial charge in [-0.25, -0.2) is 4.98 Å². The molecular weight excluding hydrogens is 332 g/mol. The smallest absolute Gasteiger partial charge is 0.191 e. The molecule has 0 unspecified atom stereocenters. The number of nitrogens with zero attached hydrogens (tertiary/aromatic N) is 2. The molecule has 0 aliphatic heterocycles. The van der Waals surface area contributed by atoms with E-state index < -0.39 is 0 Å². The van der Waals surface area contributed by atoms with E-state index in [1.807, 2.05) is 26.0 Å². The molecule has 0 bridgehead atoms. The van der Waals surface area contributed by atoms with Crippen LogP contribution in [0, 0.1) is 19.8 Å². The lowest BCUT2D eigenvalue weighted by Gasteiger charge is -2.12. The molecule has 1 heterocycles. The van der Waals surface area contributed by atoms with Crippen LogP contribution < -0.4 is 15.4 Å². The average Bonchev–Trinajstić information content (AvgIpc) is 2.91. The van der Waals surface area contributed by atoms with Crippen molar-refractivity contribution in [3.8, 4) is 5.75 Å². The van der Waals surface area contributed by atoms with Crippen molar-refractivity contribution < 1.29 is 4.74 Å². The predicted molar refractivity (Wildman–Crippen MR) is 105 cm³/mol. The molecule has 25 heavy (non-hydrogen) atoms. The average molecular weight is 361 g/mol. The molecule has 0 aliphatic carbocycles. The Hall–Kier alpha value is -2.08. The van der Waals surface area contributed by atoms with Crippen molar-refractivity contribution >= 4 is 17.3 Å². The van der Waals surface area contributed by atoms with Gasteiger partial charge in [-0.05, 0) is 37.5 Å². The number of aliphatic imine (C=N–C) groups is 1. The molecule has 2 aromatic rings. The molecule has 0 amide bonds. The maximum absolute atomic E-state index is 5.71. The van der Waals surface area contributed by atoms with Gasteiger partial charge in [0.1, 0.15) is 5.75 Å². The van der Waals surface area contributed by atoms with Crippen molar-refractivity contribution in [3.05, 3.63) is 45.4 Å². The number of ether oxygens (including phenoxy) is 1. The van der Waals surface area contributed by atoms with Crippen LogP contribution in [0.3, 0.4) is 0 Å². The third-order valence-electron chi connectivity index (χ3n) is 3.61. The fraction of sp³-hybridized carbons (Fsp3) is 0.474. The Morgan fingerprint density at radius 1 is 1.16 bits per heavy atom. The summed E-state index contributed by atoms with van der Waals surface area (Å²) < 4.78 is 5.71. The quantitative estimate of drug-likeness (QED) is 0.584. The summed E-state index contributed by atoms with van der Waals surface area (Å²) in [5.74, 6) is 2.23. The summed E-state index contributed by atoms with van der Waals surface area (Å²) >= 11 is 1.72. The Balaban J connectivity index is 1.81. The molecule has 1 aromatic heterocycles. The van der Waals surface area contributed by atoms with Crippen LogP contribution in [0.1, 0.15) is 35.0 Å².